The van der Waals surface area contributed by atoms with Gasteiger partial charge in [-0.25, -0.2) is 9.59 Å². The number of carbonyl (C=O) groups excluding carboxylic acids is 2. The number of aliphatic carboxylic acids is 1. The SMILES string of the molecule is COC(=O)C1CCCCN1C(=O)NC(C)(C)CCC(=O)O. The van der Waals surface area contributed by atoms with Crippen LogP contribution in [0.4, 0.5) is 4.79 Å². The number of nitrogens with zero attached hydrogens (tertiary/aromatic N) is 1. The predicted octanol–water partition coefficient (Wildman–Crippen LogP) is 1.37. The van der Waals surface area contributed by atoms with Gasteiger partial charge in [0.05, 0.1) is 7.11 Å². The van der Waals surface area contributed by atoms with E-state index in [-0.39, 0.29) is 12.5 Å². The zero-order chi connectivity index (χ0) is 16.0. The van der Waals surface area contributed by atoms with Crippen LogP contribution in [-0.4, -0.2) is 53.2 Å². The second-order valence-electron chi connectivity index (χ2n) is 5.94. The summed E-state index contributed by atoms with van der Waals surface area (Å²) >= 11 is 0. The molecular formula is C14H24N2O5. The van der Waals surface area contributed by atoms with Crippen LogP contribution in [-0.2, 0) is 14.3 Å². The van der Waals surface area contributed by atoms with Crippen molar-refractivity contribution >= 4 is 18.0 Å². The molecule has 1 aliphatic rings. The van der Waals surface area contributed by atoms with Gasteiger partial charge in [-0.15, -0.1) is 0 Å². The second-order valence-corrected chi connectivity index (χ2v) is 5.94. The third-order valence-electron chi connectivity index (χ3n) is 3.65. The Kier molecular flexibility index (Phi) is 5.99. The Morgan fingerprint density at radius 3 is 2.57 bits per heavy atom. The number of likely N-dealkylation sites (tertiary alicyclic amines) is 1. The van der Waals surface area contributed by atoms with Crippen molar-refractivity contribution < 1.29 is 24.2 Å². The smallest absolute Gasteiger partial charge is 0.328 e. The molecule has 1 fully saturated rings. The van der Waals surface area contributed by atoms with Crippen molar-refractivity contribution in [2.75, 3.05) is 13.7 Å². The van der Waals surface area contributed by atoms with Crippen molar-refractivity contribution in [1.82, 2.24) is 10.2 Å². The van der Waals surface area contributed by atoms with Crippen LogP contribution < -0.4 is 5.32 Å². The van der Waals surface area contributed by atoms with Crippen LogP contribution >= 0.6 is 0 Å². The summed E-state index contributed by atoms with van der Waals surface area (Å²) in [6, 6.07) is -0.903. The number of carboxylic acid groups (broad SMARTS) is 1. The van der Waals surface area contributed by atoms with Gasteiger partial charge in [-0.1, -0.05) is 0 Å². The molecule has 0 radical (unpaired) electrons. The third kappa shape index (κ3) is 5.24. The minimum Gasteiger partial charge on any atom is -0.481 e. The Bertz CT molecular complexity index is 408. The summed E-state index contributed by atoms with van der Waals surface area (Å²) in [6.45, 7) is 4.04. The van der Waals surface area contributed by atoms with E-state index in [2.05, 4.69) is 5.32 Å². The van der Waals surface area contributed by atoms with Gasteiger partial charge in [-0.05, 0) is 39.5 Å². The average Bonchev–Trinajstić information content (AvgIpc) is 2.44. The van der Waals surface area contributed by atoms with E-state index in [1.165, 1.54) is 12.0 Å². The van der Waals surface area contributed by atoms with Crippen molar-refractivity contribution in [1.29, 1.82) is 0 Å². The Morgan fingerprint density at radius 2 is 2.00 bits per heavy atom. The van der Waals surface area contributed by atoms with Crippen LogP contribution in [0.25, 0.3) is 0 Å². The van der Waals surface area contributed by atoms with Crippen LogP contribution in [0.3, 0.4) is 0 Å². The minimum atomic E-state index is -0.900. The highest BCUT2D eigenvalue weighted by Gasteiger charge is 2.34. The molecule has 0 aliphatic carbocycles. The summed E-state index contributed by atoms with van der Waals surface area (Å²) in [4.78, 5) is 36.2. The van der Waals surface area contributed by atoms with Crippen molar-refractivity contribution in [3.63, 3.8) is 0 Å². The van der Waals surface area contributed by atoms with Gasteiger partial charge in [0.2, 0.25) is 0 Å². The average molecular weight is 300 g/mol. The predicted molar refractivity (Wildman–Crippen MR) is 75.8 cm³/mol. The molecule has 0 aromatic heterocycles. The van der Waals surface area contributed by atoms with E-state index in [4.69, 9.17) is 9.84 Å². The number of carbonyl (C=O) groups is 3. The lowest BCUT2D eigenvalue weighted by Crippen LogP contribution is -2.56. The van der Waals surface area contributed by atoms with Crippen LogP contribution in [0.2, 0.25) is 0 Å². The summed E-state index contributed by atoms with van der Waals surface area (Å²) in [5.41, 5.74) is -0.645. The Labute approximate surface area is 124 Å². The van der Waals surface area contributed by atoms with Gasteiger partial charge in [0.1, 0.15) is 6.04 Å². The van der Waals surface area contributed by atoms with Gasteiger partial charge in [-0.3, -0.25) is 4.79 Å². The quantitative estimate of drug-likeness (QED) is 0.747. The van der Waals surface area contributed by atoms with Crippen LogP contribution in [0.1, 0.15) is 46.0 Å². The van der Waals surface area contributed by atoms with E-state index in [0.29, 0.717) is 19.4 Å². The normalized spacial score (nSPS) is 19.0. The molecule has 0 bridgehead atoms. The summed E-state index contributed by atoms with van der Waals surface area (Å²) in [7, 11) is 1.31. The molecule has 0 saturated carbocycles. The first-order valence-corrected chi connectivity index (χ1v) is 7.15. The molecule has 0 aromatic carbocycles. The number of ether oxygens (including phenoxy) is 1. The van der Waals surface area contributed by atoms with Gasteiger partial charge in [0.25, 0.3) is 0 Å². The molecule has 21 heavy (non-hydrogen) atoms. The van der Waals surface area contributed by atoms with E-state index in [1.54, 1.807) is 13.8 Å². The molecule has 1 saturated heterocycles. The van der Waals surface area contributed by atoms with Crippen molar-refractivity contribution in [2.24, 2.45) is 0 Å². The highest BCUT2D eigenvalue weighted by Crippen LogP contribution is 2.20. The maximum Gasteiger partial charge on any atom is 0.328 e. The molecule has 1 atom stereocenters. The van der Waals surface area contributed by atoms with Gasteiger partial charge in [-0.2, -0.15) is 0 Å². The highest BCUT2D eigenvalue weighted by molar-refractivity contribution is 5.84. The highest BCUT2D eigenvalue weighted by atomic mass is 16.5. The molecule has 1 heterocycles. The van der Waals surface area contributed by atoms with E-state index in [1.807, 2.05) is 0 Å². The lowest BCUT2D eigenvalue weighted by molar-refractivity contribution is -0.147. The Hall–Kier alpha value is -1.79. The molecule has 7 heteroatoms. The molecular weight excluding hydrogens is 276 g/mol. The lowest BCUT2D eigenvalue weighted by Gasteiger charge is -2.36. The molecule has 2 N–H and O–H groups in total. The summed E-state index contributed by atoms with van der Waals surface area (Å²) in [5.74, 6) is -1.31. The largest absolute Gasteiger partial charge is 0.481 e. The van der Waals surface area contributed by atoms with E-state index < -0.39 is 23.5 Å². The number of hydrogen-bond acceptors (Lipinski definition) is 4. The maximum absolute atomic E-state index is 12.3. The number of methoxy groups -OCH3 is 1. The Morgan fingerprint density at radius 1 is 1.33 bits per heavy atom. The Balaban J connectivity index is 2.67. The molecule has 0 aromatic rings. The van der Waals surface area contributed by atoms with Crippen LogP contribution in [0.15, 0.2) is 0 Å². The van der Waals surface area contributed by atoms with Crippen molar-refractivity contribution in [3.05, 3.63) is 0 Å². The molecule has 7 nitrogen and oxygen atoms in total. The number of rotatable bonds is 5. The number of hydrogen-bond donors (Lipinski definition) is 2. The van der Waals surface area contributed by atoms with E-state index in [0.717, 1.165) is 12.8 Å². The number of nitrogens with one attached hydrogen (secondary N) is 1. The lowest BCUT2D eigenvalue weighted by atomic mass is 9.98. The topological polar surface area (TPSA) is 95.9 Å². The fraction of sp³-hybridized carbons (Fsp3) is 0.786. The van der Waals surface area contributed by atoms with E-state index >= 15 is 0 Å². The fourth-order valence-corrected chi connectivity index (χ4v) is 2.40. The fourth-order valence-electron chi connectivity index (χ4n) is 2.40. The number of urea groups is 1. The zero-order valence-corrected chi connectivity index (χ0v) is 12.8. The van der Waals surface area contributed by atoms with Crippen molar-refractivity contribution in [3.8, 4) is 0 Å². The third-order valence-corrected chi connectivity index (χ3v) is 3.65. The number of esters is 1. The van der Waals surface area contributed by atoms with Gasteiger partial charge >= 0.3 is 18.0 Å². The maximum atomic E-state index is 12.3. The summed E-state index contributed by atoms with van der Waals surface area (Å²) in [6.07, 6.45) is 2.62. The minimum absolute atomic E-state index is 0.0201. The zero-order valence-electron chi connectivity index (χ0n) is 12.8. The number of piperidine rings is 1. The molecule has 1 rings (SSSR count). The number of carboxylic acids is 1. The van der Waals surface area contributed by atoms with Gasteiger partial charge < -0.3 is 20.1 Å². The first-order chi connectivity index (χ1) is 9.76. The standard InChI is InChI=1S/C14H24N2O5/c1-14(2,8-7-11(17)18)15-13(20)16-9-5-4-6-10(16)12(19)21-3/h10H,4-9H2,1-3H3,(H,15,20)(H,17,18). The van der Waals surface area contributed by atoms with Crippen LogP contribution in [0, 0.1) is 0 Å². The summed E-state index contributed by atoms with van der Waals surface area (Å²) in [5, 5.41) is 11.5. The molecule has 1 aliphatic heterocycles. The molecule has 120 valence electrons. The van der Waals surface area contributed by atoms with Gasteiger partial charge in [0, 0.05) is 18.5 Å². The van der Waals surface area contributed by atoms with E-state index in [9.17, 15) is 14.4 Å². The molecule has 0 spiro atoms. The van der Waals surface area contributed by atoms with Crippen molar-refractivity contribution in [2.45, 2.75) is 57.5 Å². The first-order valence-electron chi connectivity index (χ1n) is 7.15. The van der Waals surface area contributed by atoms with Gasteiger partial charge in [0.15, 0.2) is 0 Å². The van der Waals surface area contributed by atoms with Crippen LogP contribution in [0.5, 0.6) is 0 Å². The summed E-state index contributed by atoms with van der Waals surface area (Å²) < 4.78 is 4.74. The second kappa shape index (κ2) is 7.28. The number of amides is 2. The first kappa shape index (κ1) is 17.3. The molecule has 1 unspecified atom stereocenters. The monoisotopic (exact) mass is 300 g/mol. The molecule has 2 amide bonds.